The van der Waals surface area contributed by atoms with E-state index in [-0.39, 0.29) is 5.92 Å². The highest BCUT2D eigenvalue weighted by atomic mass is 32.2. The normalized spacial score (nSPS) is 14.3. The highest BCUT2D eigenvalue weighted by molar-refractivity contribution is 7.98. The minimum atomic E-state index is -0.173. The topological polar surface area (TPSA) is 87.6 Å². The van der Waals surface area contributed by atoms with Crippen molar-refractivity contribution in [3.8, 4) is 17.4 Å². The van der Waals surface area contributed by atoms with Gasteiger partial charge in [0.2, 0.25) is 5.88 Å². The number of aromatic nitrogens is 5. The fourth-order valence-electron chi connectivity index (χ4n) is 5.38. The van der Waals surface area contributed by atoms with E-state index in [4.69, 9.17) is 24.0 Å². The van der Waals surface area contributed by atoms with Crippen molar-refractivity contribution in [1.29, 1.82) is 0 Å². The molecule has 0 spiro atoms. The van der Waals surface area contributed by atoms with Gasteiger partial charge in [-0.3, -0.25) is 0 Å². The molecule has 4 heterocycles. The van der Waals surface area contributed by atoms with Gasteiger partial charge in [0.25, 0.3) is 5.22 Å². The molecule has 0 amide bonds. The van der Waals surface area contributed by atoms with Crippen LogP contribution in [0.2, 0.25) is 0 Å². The zero-order chi connectivity index (χ0) is 26.6. The van der Waals surface area contributed by atoms with Gasteiger partial charge in [-0.15, -0.1) is 5.10 Å². The number of nitrogens with zero attached hydrogens (tertiary/aromatic N) is 5. The van der Waals surface area contributed by atoms with Gasteiger partial charge >= 0.3 is 0 Å². The van der Waals surface area contributed by atoms with Crippen LogP contribution in [0.4, 0.5) is 0 Å². The summed E-state index contributed by atoms with van der Waals surface area (Å²) < 4.78 is 19.5. The van der Waals surface area contributed by atoms with Crippen LogP contribution in [0.3, 0.4) is 0 Å². The third-order valence-electron chi connectivity index (χ3n) is 7.19. The standard InChI is InChI=1S/C31H21N5O3S/c1-37-20-13-10-19(11-14-20)26-27-21-7-3-2-6-18(21)12-15-24(27)38-30-28(26)29-34-25(35-36(29)17-32-30)16-40-31-33-22-8-4-5-9-23(22)39-31/h2-15,17,26H,16H2,1H3/t26-/m1/s1. The van der Waals surface area contributed by atoms with E-state index >= 15 is 0 Å². The van der Waals surface area contributed by atoms with Crippen LogP contribution in [0.5, 0.6) is 17.4 Å². The first-order valence-electron chi connectivity index (χ1n) is 12.8. The highest BCUT2D eigenvalue weighted by Gasteiger charge is 2.34. The van der Waals surface area contributed by atoms with Gasteiger partial charge in [-0.1, -0.05) is 66.4 Å². The van der Waals surface area contributed by atoms with E-state index in [0.29, 0.717) is 28.3 Å². The summed E-state index contributed by atoms with van der Waals surface area (Å²) in [5.74, 6) is 3.09. The summed E-state index contributed by atoms with van der Waals surface area (Å²) in [6.07, 6.45) is 1.66. The van der Waals surface area contributed by atoms with Crippen molar-refractivity contribution in [2.75, 3.05) is 7.11 Å². The Hall–Kier alpha value is -4.89. The molecule has 0 N–H and O–H groups in total. The molecular weight excluding hydrogens is 522 g/mol. The predicted molar refractivity (Wildman–Crippen MR) is 152 cm³/mol. The molecule has 0 unspecified atom stereocenters. The molecule has 0 saturated carbocycles. The molecule has 0 saturated heterocycles. The predicted octanol–water partition coefficient (Wildman–Crippen LogP) is 7.01. The van der Waals surface area contributed by atoms with Crippen molar-refractivity contribution in [2.24, 2.45) is 0 Å². The number of hydrogen-bond acceptors (Lipinski definition) is 8. The van der Waals surface area contributed by atoms with Crippen LogP contribution in [0.1, 0.15) is 28.4 Å². The van der Waals surface area contributed by atoms with E-state index in [1.807, 2.05) is 48.5 Å². The molecule has 8 nitrogen and oxygen atoms in total. The Bertz CT molecular complexity index is 2020. The quantitative estimate of drug-likeness (QED) is 0.214. The summed E-state index contributed by atoms with van der Waals surface area (Å²) in [7, 11) is 1.67. The average molecular weight is 544 g/mol. The van der Waals surface area contributed by atoms with Gasteiger partial charge in [0.15, 0.2) is 17.1 Å². The third-order valence-corrected chi connectivity index (χ3v) is 8.02. The number of ether oxygens (including phenoxy) is 2. The van der Waals surface area contributed by atoms with E-state index in [0.717, 1.165) is 50.1 Å². The lowest BCUT2D eigenvalue weighted by Gasteiger charge is -2.29. The second-order valence-electron chi connectivity index (χ2n) is 9.50. The van der Waals surface area contributed by atoms with Crippen molar-refractivity contribution in [3.63, 3.8) is 0 Å². The van der Waals surface area contributed by atoms with Crippen LogP contribution in [-0.2, 0) is 5.75 Å². The minimum Gasteiger partial charge on any atom is -0.497 e. The van der Waals surface area contributed by atoms with Gasteiger partial charge in [0, 0.05) is 11.5 Å². The highest BCUT2D eigenvalue weighted by Crippen LogP contribution is 2.50. The molecule has 1 aliphatic heterocycles. The van der Waals surface area contributed by atoms with Crippen molar-refractivity contribution < 1.29 is 13.9 Å². The largest absolute Gasteiger partial charge is 0.497 e. The lowest BCUT2D eigenvalue weighted by molar-refractivity contribution is 0.414. The average Bonchev–Trinajstić information content (AvgIpc) is 3.62. The summed E-state index contributed by atoms with van der Waals surface area (Å²) in [6.45, 7) is 0. The molecule has 9 heteroatoms. The van der Waals surface area contributed by atoms with E-state index < -0.39 is 0 Å². The number of para-hydroxylation sites is 2. The molecule has 1 aliphatic rings. The monoisotopic (exact) mass is 543 g/mol. The second-order valence-corrected chi connectivity index (χ2v) is 10.4. The molecule has 0 bridgehead atoms. The van der Waals surface area contributed by atoms with E-state index in [2.05, 4.69) is 46.4 Å². The Morgan fingerprint density at radius 3 is 2.62 bits per heavy atom. The Balaban J connectivity index is 1.26. The maximum Gasteiger partial charge on any atom is 0.257 e. The summed E-state index contributed by atoms with van der Waals surface area (Å²) in [5, 5.41) is 7.59. The van der Waals surface area contributed by atoms with E-state index in [9.17, 15) is 0 Å². The lowest BCUT2D eigenvalue weighted by Crippen LogP contribution is -2.15. The molecule has 3 aromatic heterocycles. The van der Waals surface area contributed by atoms with Crippen molar-refractivity contribution in [2.45, 2.75) is 16.9 Å². The maximum atomic E-state index is 6.42. The number of thioether (sulfide) groups is 1. The molecule has 8 rings (SSSR count). The molecule has 4 aromatic carbocycles. The molecule has 40 heavy (non-hydrogen) atoms. The van der Waals surface area contributed by atoms with Crippen LogP contribution < -0.4 is 9.47 Å². The van der Waals surface area contributed by atoms with Crippen molar-refractivity contribution >= 4 is 39.3 Å². The molecule has 1 atom stereocenters. The lowest BCUT2D eigenvalue weighted by atomic mass is 9.81. The number of rotatable bonds is 5. The van der Waals surface area contributed by atoms with Gasteiger partial charge in [0.1, 0.15) is 23.3 Å². The van der Waals surface area contributed by atoms with Crippen LogP contribution >= 0.6 is 11.8 Å². The Morgan fingerprint density at radius 1 is 0.900 bits per heavy atom. The second kappa shape index (κ2) is 9.10. The SMILES string of the molecule is COc1ccc([C@@H]2c3c(ccc4ccccc34)Oc3ncn4nc(CSc5nc6ccccc6o5)nc4c32)cc1. The maximum absolute atomic E-state index is 6.42. The zero-order valence-electron chi connectivity index (χ0n) is 21.3. The Morgan fingerprint density at radius 2 is 1.75 bits per heavy atom. The zero-order valence-corrected chi connectivity index (χ0v) is 22.1. The summed E-state index contributed by atoms with van der Waals surface area (Å²) >= 11 is 1.46. The molecule has 0 aliphatic carbocycles. The van der Waals surface area contributed by atoms with Gasteiger partial charge in [-0.25, -0.2) is 19.5 Å². The summed E-state index contributed by atoms with van der Waals surface area (Å²) in [5.41, 5.74) is 5.34. The molecular formula is C31H21N5O3S. The van der Waals surface area contributed by atoms with Gasteiger partial charge in [0.05, 0.1) is 18.4 Å². The van der Waals surface area contributed by atoms with Gasteiger partial charge < -0.3 is 13.9 Å². The number of oxazole rings is 1. The first-order chi connectivity index (χ1) is 19.7. The number of methoxy groups -OCH3 is 1. The smallest absolute Gasteiger partial charge is 0.257 e. The third kappa shape index (κ3) is 3.70. The van der Waals surface area contributed by atoms with E-state index in [1.54, 1.807) is 18.0 Å². The van der Waals surface area contributed by atoms with Crippen molar-refractivity contribution in [3.05, 3.63) is 114 Å². The van der Waals surface area contributed by atoms with Crippen LogP contribution in [-0.4, -0.2) is 31.7 Å². The molecule has 0 fully saturated rings. The van der Waals surface area contributed by atoms with Crippen molar-refractivity contribution in [1.82, 2.24) is 24.6 Å². The first kappa shape index (κ1) is 23.0. The van der Waals surface area contributed by atoms with Gasteiger partial charge in [-0.05, 0) is 46.7 Å². The first-order valence-corrected chi connectivity index (χ1v) is 13.8. The molecule has 194 valence electrons. The summed E-state index contributed by atoms with van der Waals surface area (Å²) in [6, 6.07) is 28.3. The Kier molecular flexibility index (Phi) is 5.24. The van der Waals surface area contributed by atoms with Crippen LogP contribution in [0.15, 0.2) is 101 Å². The minimum absolute atomic E-state index is 0.173. The molecule has 0 radical (unpaired) electrons. The van der Waals surface area contributed by atoms with Crippen LogP contribution in [0.25, 0.3) is 27.5 Å². The van der Waals surface area contributed by atoms with Crippen LogP contribution in [0, 0.1) is 0 Å². The number of hydrogen-bond donors (Lipinski definition) is 0. The molecule has 7 aromatic rings. The fraction of sp³-hybridized carbons (Fsp3) is 0.0968. The van der Waals surface area contributed by atoms with Gasteiger partial charge in [-0.2, -0.15) is 0 Å². The summed E-state index contributed by atoms with van der Waals surface area (Å²) in [4.78, 5) is 14.2. The number of fused-ring (bicyclic) bond motifs is 7. The Labute approximate surface area is 232 Å². The fourth-order valence-corrected chi connectivity index (χ4v) is 6.07. The van der Waals surface area contributed by atoms with E-state index in [1.165, 1.54) is 11.8 Å². The number of benzene rings is 4.